The molecule has 2 aromatic heterocycles. The van der Waals surface area contributed by atoms with Crippen molar-refractivity contribution in [3.05, 3.63) is 93.4 Å². The maximum Gasteiger partial charge on any atom is 0.358 e. The second kappa shape index (κ2) is 9.40. The van der Waals surface area contributed by atoms with Gasteiger partial charge in [0.15, 0.2) is 5.71 Å². The lowest BCUT2D eigenvalue weighted by molar-refractivity contribution is -0.146. The number of hydrogen-bond acceptors (Lipinski definition) is 6. The minimum atomic E-state index is -0.657. The van der Waals surface area contributed by atoms with Crippen molar-refractivity contribution in [1.29, 1.82) is 0 Å². The Bertz CT molecular complexity index is 1610. The van der Waals surface area contributed by atoms with Crippen molar-refractivity contribution in [2.75, 3.05) is 0 Å². The van der Waals surface area contributed by atoms with Crippen LogP contribution in [0.5, 0.6) is 0 Å². The molecule has 0 saturated heterocycles. The molecule has 7 heteroatoms. The molecule has 0 bridgehead atoms. The lowest BCUT2D eigenvalue weighted by Crippen LogP contribution is -2.28. The van der Waals surface area contributed by atoms with Crippen LogP contribution in [0.3, 0.4) is 0 Å². The first-order valence-electron chi connectivity index (χ1n) is 12.5. The Morgan fingerprint density at radius 1 is 0.737 bits per heavy atom. The van der Waals surface area contributed by atoms with Crippen molar-refractivity contribution in [3.8, 4) is 0 Å². The normalized spacial score (nSPS) is 14.7. The minimum Gasteiger partial charge on any atom is -0.455 e. The highest BCUT2D eigenvalue weighted by atomic mass is 32.1. The van der Waals surface area contributed by atoms with Gasteiger partial charge >= 0.3 is 11.9 Å². The fourth-order valence-corrected chi connectivity index (χ4v) is 5.22. The van der Waals surface area contributed by atoms with Crippen molar-refractivity contribution >= 4 is 51.0 Å². The highest BCUT2D eigenvalue weighted by Gasteiger charge is 2.33. The van der Waals surface area contributed by atoms with E-state index in [1.54, 1.807) is 11.3 Å². The number of thiophene rings is 1. The number of carbonyl (C=O) groups excluding carboxylic acids is 2. The van der Waals surface area contributed by atoms with Crippen LogP contribution in [0.2, 0.25) is 0 Å². The standard InChI is InChI=1S/C31H30N2O4S/c1-30(2,3)36-28(34)26-20-14-9-7-12-18(20)24(32-26)23(22-16-11-17-38-22)25-19-13-8-10-15-21(19)27(33-25)29(35)37-31(4,5)6/h7-17,32H,1-6H3/b25-23-. The Labute approximate surface area is 226 Å². The summed E-state index contributed by atoms with van der Waals surface area (Å²) in [6.45, 7) is 11.0. The van der Waals surface area contributed by atoms with E-state index < -0.39 is 23.1 Å². The van der Waals surface area contributed by atoms with Gasteiger partial charge in [-0.3, -0.25) is 0 Å². The van der Waals surface area contributed by atoms with Gasteiger partial charge in [-0.05, 0) is 53.0 Å². The molecule has 38 heavy (non-hydrogen) atoms. The van der Waals surface area contributed by atoms with Crippen molar-refractivity contribution in [2.45, 2.75) is 52.7 Å². The zero-order chi connectivity index (χ0) is 27.2. The van der Waals surface area contributed by atoms with Crippen molar-refractivity contribution in [3.63, 3.8) is 0 Å². The monoisotopic (exact) mass is 526 g/mol. The van der Waals surface area contributed by atoms with E-state index in [1.807, 2.05) is 108 Å². The summed E-state index contributed by atoms with van der Waals surface area (Å²) in [6.07, 6.45) is 0. The van der Waals surface area contributed by atoms with Crippen LogP contribution in [-0.4, -0.2) is 33.8 Å². The van der Waals surface area contributed by atoms with Gasteiger partial charge in [0.05, 0.1) is 11.4 Å². The number of nitrogens with zero attached hydrogens (tertiary/aromatic N) is 1. The molecule has 4 aromatic rings. The van der Waals surface area contributed by atoms with E-state index in [4.69, 9.17) is 14.5 Å². The quantitative estimate of drug-likeness (QED) is 0.284. The Kier molecular flexibility index (Phi) is 6.35. The second-order valence-corrected chi connectivity index (χ2v) is 12.1. The zero-order valence-corrected chi connectivity index (χ0v) is 23.2. The van der Waals surface area contributed by atoms with Crippen molar-refractivity contribution in [2.24, 2.45) is 4.99 Å². The van der Waals surface area contributed by atoms with Crippen LogP contribution in [0.4, 0.5) is 0 Å². The fraction of sp³-hybridized carbons (Fsp3) is 0.258. The van der Waals surface area contributed by atoms with Crippen LogP contribution >= 0.6 is 11.3 Å². The number of rotatable bonds is 4. The molecule has 2 aromatic carbocycles. The van der Waals surface area contributed by atoms with Gasteiger partial charge in [-0.25, -0.2) is 14.6 Å². The highest BCUT2D eigenvalue weighted by molar-refractivity contribution is 7.11. The van der Waals surface area contributed by atoms with Crippen LogP contribution in [0.1, 0.15) is 73.7 Å². The number of benzene rings is 2. The molecule has 0 saturated carbocycles. The second-order valence-electron chi connectivity index (χ2n) is 11.1. The van der Waals surface area contributed by atoms with Gasteiger partial charge in [0, 0.05) is 32.3 Å². The highest BCUT2D eigenvalue weighted by Crippen LogP contribution is 2.42. The summed E-state index contributed by atoms with van der Waals surface area (Å²) in [5.41, 5.74) is 3.07. The van der Waals surface area contributed by atoms with Gasteiger partial charge in [-0.2, -0.15) is 0 Å². The molecule has 0 amide bonds. The summed E-state index contributed by atoms with van der Waals surface area (Å²) >= 11 is 1.56. The summed E-state index contributed by atoms with van der Waals surface area (Å²) in [6, 6.07) is 19.4. The Hall–Kier alpha value is -3.97. The molecule has 0 spiro atoms. The van der Waals surface area contributed by atoms with Crippen LogP contribution < -0.4 is 0 Å². The summed E-state index contributed by atoms with van der Waals surface area (Å²) in [4.78, 5) is 35.7. The predicted octanol–water partition coefficient (Wildman–Crippen LogP) is 7.25. The molecule has 1 aliphatic heterocycles. The third kappa shape index (κ3) is 4.94. The number of ether oxygens (including phenoxy) is 2. The molecule has 5 rings (SSSR count). The molecule has 0 atom stereocenters. The van der Waals surface area contributed by atoms with E-state index in [0.29, 0.717) is 17.0 Å². The topological polar surface area (TPSA) is 80.8 Å². The molecule has 0 fully saturated rings. The predicted molar refractivity (Wildman–Crippen MR) is 153 cm³/mol. The number of carbonyl (C=O) groups is 2. The van der Waals surface area contributed by atoms with Crippen LogP contribution in [-0.2, 0) is 14.3 Å². The first kappa shape index (κ1) is 25.7. The number of aromatic amines is 1. The van der Waals surface area contributed by atoms with Gasteiger partial charge in [0.2, 0.25) is 0 Å². The van der Waals surface area contributed by atoms with Gasteiger partial charge in [0.1, 0.15) is 16.9 Å². The van der Waals surface area contributed by atoms with Gasteiger partial charge in [0.25, 0.3) is 0 Å². The summed E-state index contributed by atoms with van der Waals surface area (Å²) in [7, 11) is 0. The molecule has 194 valence electrons. The Morgan fingerprint density at radius 3 is 1.92 bits per heavy atom. The van der Waals surface area contributed by atoms with E-state index >= 15 is 0 Å². The maximum atomic E-state index is 13.2. The third-order valence-electron chi connectivity index (χ3n) is 5.83. The van der Waals surface area contributed by atoms with Crippen molar-refractivity contribution in [1.82, 2.24) is 4.98 Å². The molecule has 1 aliphatic rings. The van der Waals surface area contributed by atoms with Crippen LogP contribution in [0.25, 0.3) is 22.0 Å². The molecule has 0 aliphatic carbocycles. The zero-order valence-electron chi connectivity index (χ0n) is 22.3. The molecule has 3 heterocycles. The molecule has 1 N–H and O–H groups in total. The molecular formula is C31H30N2O4S. The fourth-order valence-electron chi connectivity index (χ4n) is 4.45. The number of H-pyrrole nitrogens is 1. The number of nitrogens with one attached hydrogen (secondary N) is 1. The SMILES string of the molecule is CC(C)(C)OC(=O)C1=N/C(=C(/c2cccs2)c2[nH]c(C(=O)OC(C)(C)C)c3ccccc23)c2ccccc21. The smallest absolute Gasteiger partial charge is 0.358 e. The molecule has 6 nitrogen and oxygen atoms in total. The van der Waals surface area contributed by atoms with Gasteiger partial charge in [-0.15, -0.1) is 11.3 Å². The molecular weight excluding hydrogens is 496 g/mol. The van der Waals surface area contributed by atoms with E-state index in [2.05, 4.69) is 4.98 Å². The summed E-state index contributed by atoms with van der Waals surface area (Å²) in [5.74, 6) is -0.906. The van der Waals surface area contributed by atoms with E-state index in [9.17, 15) is 9.59 Å². The van der Waals surface area contributed by atoms with Crippen LogP contribution in [0, 0.1) is 0 Å². The summed E-state index contributed by atoms with van der Waals surface area (Å²) < 4.78 is 11.4. The lowest BCUT2D eigenvalue weighted by atomic mass is 9.98. The summed E-state index contributed by atoms with van der Waals surface area (Å²) in [5, 5.41) is 3.62. The van der Waals surface area contributed by atoms with Gasteiger partial charge in [-0.1, -0.05) is 54.6 Å². The lowest BCUT2D eigenvalue weighted by Gasteiger charge is -2.19. The van der Waals surface area contributed by atoms with E-state index in [0.717, 1.165) is 32.5 Å². The molecule has 0 unspecified atom stereocenters. The Morgan fingerprint density at radius 2 is 1.32 bits per heavy atom. The average Bonchev–Trinajstić information content (AvgIpc) is 3.56. The third-order valence-corrected chi connectivity index (χ3v) is 6.71. The maximum absolute atomic E-state index is 13.2. The number of esters is 2. The number of hydrogen-bond donors (Lipinski definition) is 1. The van der Waals surface area contributed by atoms with Crippen molar-refractivity contribution < 1.29 is 19.1 Å². The average molecular weight is 527 g/mol. The number of fused-ring (bicyclic) bond motifs is 2. The Balaban J connectivity index is 1.79. The number of aromatic nitrogens is 1. The van der Waals surface area contributed by atoms with Crippen LogP contribution in [0.15, 0.2) is 71.0 Å². The van der Waals surface area contributed by atoms with Gasteiger partial charge < -0.3 is 14.5 Å². The largest absolute Gasteiger partial charge is 0.455 e. The first-order chi connectivity index (χ1) is 17.9. The van der Waals surface area contributed by atoms with E-state index in [1.165, 1.54) is 0 Å². The first-order valence-corrected chi connectivity index (χ1v) is 13.4. The van der Waals surface area contributed by atoms with E-state index in [-0.39, 0.29) is 5.71 Å². The molecule has 0 radical (unpaired) electrons. The number of aliphatic imine (C=N–C) groups is 1. The minimum absolute atomic E-state index is 0.266.